The van der Waals surface area contributed by atoms with E-state index in [1.807, 2.05) is 32.0 Å². The molecule has 2 unspecified atom stereocenters. The Morgan fingerprint density at radius 1 is 1.10 bits per heavy atom. The highest BCUT2D eigenvalue weighted by atomic mass is 32.2. The van der Waals surface area contributed by atoms with Crippen LogP contribution in [-0.2, 0) is 52.9 Å². The van der Waals surface area contributed by atoms with Gasteiger partial charge >= 0.3 is 23.5 Å². The number of hydrogen-bond donors (Lipinski definition) is 8. The van der Waals surface area contributed by atoms with Crippen LogP contribution < -0.4 is 41.5 Å². The number of hydrogen-bond acceptors (Lipinski definition) is 16. The predicted octanol–water partition coefficient (Wildman–Crippen LogP) is 2.66. The molecule has 1 fully saturated rings. The Balaban J connectivity index is 0.927. The second kappa shape index (κ2) is 19.5. The van der Waals surface area contributed by atoms with Crippen LogP contribution in [0.15, 0.2) is 46.3 Å². The Morgan fingerprint density at radius 3 is 2.60 bits per heavy atom. The van der Waals surface area contributed by atoms with Crippen molar-refractivity contribution < 1.29 is 73.7 Å². The normalized spacial score (nSPS) is 20.0. The van der Waals surface area contributed by atoms with E-state index in [0.717, 1.165) is 31.3 Å². The van der Waals surface area contributed by atoms with Gasteiger partial charge < -0.3 is 49.6 Å². The number of rotatable bonds is 16. The summed E-state index contributed by atoms with van der Waals surface area (Å²) in [5.41, 5.74) is 8.06. The first kappa shape index (κ1) is 51.3. The number of nitrogens with two attached hydrogens (primary N) is 1. The first-order valence-corrected chi connectivity index (χ1v) is 27.9. The van der Waals surface area contributed by atoms with Crippen LogP contribution in [0.1, 0.15) is 75.8 Å². The van der Waals surface area contributed by atoms with Crippen LogP contribution in [0.4, 0.5) is 17.3 Å². The highest BCUT2D eigenvalue weighted by Gasteiger charge is 2.42. The van der Waals surface area contributed by atoms with Crippen LogP contribution in [0.5, 0.6) is 11.5 Å². The highest BCUT2D eigenvalue weighted by Crippen LogP contribution is 2.66. The topological polar surface area (TPSA) is 357 Å². The van der Waals surface area contributed by atoms with Crippen molar-refractivity contribution in [1.82, 2.24) is 24.4 Å². The molecule has 0 spiro atoms. The van der Waals surface area contributed by atoms with Gasteiger partial charge in [-0.1, -0.05) is 17.9 Å². The zero-order valence-electron chi connectivity index (χ0n) is 37.8. The predicted molar refractivity (Wildman–Crippen MR) is 251 cm³/mol. The molecule has 4 aliphatic rings. The lowest BCUT2D eigenvalue weighted by Gasteiger charge is -2.44. The average molecular weight is 1050 g/mol. The number of amides is 1. The highest BCUT2D eigenvalue weighted by molar-refractivity contribution is 7.86. The second-order valence-electron chi connectivity index (χ2n) is 17.3. The van der Waals surface area contributed by atoms with Crippen molar-refractivity contribution in [2.24, 2.45) is 4.99 Å². The molecule has 8 rings (SSSR count). The van der Waals surface area contributed by atoms with Gasteiger partial charge in [-0.15, -0.1) is 0 Å². The number of aromatic amines is 1. The first-order valence-electron chi connectivity index (χ1n) is 21.8. The number of H-pyrrole nitrogens is 1. The number of nitrogens with one attached hydrogen (secondary N) is 2. The van der Waals surface area contributed by atoms with E-state index in [4.69, 9.17) is 34.5 Å². The lowest BCUT2D eigenvalue weighted by molar-refractivity contribution is -0.120. The molecule has 0 bridgehead atoms. The molecule has 4 atom stereocenters. The summed E-state index contributed by atoms with van der Waals surface area (Å²) in [6.07, 6.45) is 4.34. The standard InChI is InChI=1S/C41H49N8O17P3S/c1-4-47-14-6-9-24-16-29-33(18-31(24)47)64-34-19-32-28(17-30(34)44-29)26(23-70(59,60)61)20-41(2,3)49(32)15-7-10-35(50)43-13-5-8-25-21-48(38-37(25)39(51)46-40(42)45-38)36-12-11-27(63-36)22-62-68(55,56)66-69(57,58)65-67(52,53)54/h16-21,27,36H,4,6-7,9-15,22-23H2,1-3H3,(H8-,42,43,45,46,50,51,52,53,54,55,56,57,58,59,60,61)/p+1/t27-,36+/m0/s1. The Labute approximate surface area is 399 Å². The fourth-order valence-electron chi connectivity index (χ4n) is 9.00. The van der Waals surface area contributed by atoms with Crippen LogP contribution in [0.2, 0.25) is 0 Å². The van der Waals surface area contributed by atoms with Crippen molar-refractivity contribution in [3.05, 3.63) is 74.3 Å². The van der Waals surface area contributed by atoms with Gasteiger partial charge in [0.2, 0.25) is 17.2 Å². The van der Waals surface area contributed by atoms with Crippen LogP contribution in [0, 0.1) is 11.8 Å². The SMILES string of the molecule is CC[N+]1=c2cc3c(cc2CCC1)=Nc1cc2c(cc1O3)N(CCCC(=O)NCC#Cc1cn([C@H]3CC[C@@H](COP(=O)(O)OP(=O)(O)OP(=O)(O)O)O3)c3nc(N)[nH]c(=O)c13)C(C)(C)C=C2CS(=O)(=O)O. The number of carbonyl (C=O) groups is 1. The lowest BCUT2D eigenvalue weighted by Crippen LogP contribution is -2.46. The van der Waals surface area contributed by atoms with E-state index in [1.54, 1.807) is 12.1 Å². The maximum absolute atomic E-state index is 13.2. The van der Waals surface area contributed by atoms with Gasteiger partial charge in [-0.25, -0.2) is 23.3 Å². The molecule has 0 aliphatic carbocycles. The number of phosphoric ester groups is 1. The van der Waals surface area contributed by atoms with Crippen molar-refractivity contribution in [3.8, 4) is 23.3 Å². The molecule has 9 N–H and O–H groups in total. The zero-order chi connectivity index (χ0) is 50.6. The Morgan fingerprint density at radius 2 is 1.87 bits per heavy atom. The number of anilines is 2. The van der Waals surface area contributed by atoms with Gasteiger partial charge in [-0.3, -0.25) is 23.6 Å². The van der Waals surface area contributed by atoms with Crippen LogP contribution >= 0.6 is 23.5 Å². The summed E-state index contributed by atoms with van der Waals surface area (Å²) in [5, 5.41) is 4.59. The molecule has 4 aliphatic heterocycles. The van der Waals surface area contributed by atoms with Crippen LogP contribution in [-0.4, -0.2) is 103 Å². The number of nitrogens with zero attached hydrogens (tertiary/aromatic N) is 5. The van der Waals surface area contributed by atoms with Gasteiger partial charge in [0.25, 0.3) is 15.7 Å². The minimum atomic E-state index is -5.72. The third-order valence-corrected chi connectivity index (χ3v) is 16.3. The van der Waals surface area contributed by atoms with Gasteiger partial charge in [-0.05, 0) is 64.2 Å². The lowest BCUT2D eigenvalue weighted by atomic mass is 9.88. The van der Waals surface area contributed by atoms with Gasteiger partial charge in [0, 0.05) is 48.5 Å². The molecule has 376 valence electrons. The third-order valence-electron chi connectivity index (χ3n) is 11.8. The van der Waals surface area contributed by atoms with Crippen molar-refractivity contribution in [2.75, 3.05) is 49.2 Å². The number of fused-ring (bicyclic) bond motifs is 5. The molecular formula is C41H50N8O17P3S+. The van der Waals surface area contributed by atoms with Crippen LogP contribution in [0.3, 0.4) is 0 Å². The minimum Gasteiger partial charge on any atom is -0.452 e. The smallest absolute Gasteiger partial charge is 0.452 e. The number of phosphoric acid groups is 3. The van der Waals surface area contributed by atoms with Crippen molar-refractivity contribution in [1.29, 1.82) is 0 Å². The monoisotopic (exact) mass is 1050 g/mol. The maximum Gasteiger partial charge on any atom is 0.490 e. The van der Waals surface area contributed by atoms with Gasteiger partial charge in [0.1, 0.15) is 36.1 Å². The zero-order valence-corrected chi connectivity index (χ0v) is 41.3. The molecule has 6 heterocycles. The van der Waals surface area contributed by atoms with Gasteiger partial charge in [-0.2, -0.15) is 22.0 Å². The number of benzene rings is 2. The largest absolute Gasteiger partial charge is 0.490 e. The summed E-state index contributed by atoms with van der Waals surface area (Å²) in [7, 11) is -21.1. The van der Waals surface area contributed by atoms with Crippen molar-refractivity contribution in [3.63, 3.8) is 0 Å². The first-order chi connectivity index (χ1) is 32.8. The summed E-state index contributed by atoms with van der Waals surface area (Å²) in [5.74, 6) is 5.65. The Hall–Kier alpha value is -5.09. The molecule has 4 aromatic rings. The van der Waals surface area contributed by atoms with E-state index < -0.39 is 69.4 Å². The third kappa shape index (κ3) is 11.8. The summed E-state index contributed by atoms with van der Waals surface area (Å²) in [6, 6.07) is 7.65. The molecule has 1 saturated heterocycles. The molecule has 70 heavy (non-hydrogen) atoms. The van der Waals surface area contributed by atoms with Crippen LogP contribution in [0.25, 0.3) is 16.6 Å². The van der Waals surface area contributed by atoms with Gasteiger partial charge in [0.15, 0.2) is 17.1 Å². The number of carbonyl (C=O) groups excluding carboxylic acids is 1. The van der Waals surface area contributed by atoms with E-state index in [2.05, 4.69) is 52.1 Å². The minimum absolute atomic E-state index is 0.0539. The molecule has 25 nitrogen and oxygen atoms in total. The number of nitrogen functional groups attached to an aromatic ring is 1. The summed E-state index contributed by atoms with van der Waals surface area (Å²) < 4.78 is 97.6. The number of aryl methyl sites for hydroxylation is 1. The fraction of sp³-hybridized carbons (Fsp3) is 0.439. The summed E-state index contributed by atoms with van der Waals surface area (Å²) in [4.78, 5) is 76.6. The molecule has 1 amide bonds. The van der Waals surface area contributed by atoms with E-state index in [9.17, 15) is 46.0 Å². The molecule has 29 heteroatoms. The van der Waals surface area contributed by atoms with Crippen molar-refractivity contribution in [2.45, 2.75) is 77.2 Å². The van der Waals surface area contributed by atoms with E-state index in [0.29, 0.717) is 52.3 Å². The Bertz CT molecular complexity index is 3360. The van der Waals surface area contributed by atoms with E-state index in [1.165, 1.54) is 16.3 Å². The molecule has 0 radical (unpaired) electrons. The molecule has 0 saturated carbocycles. The number of ether oxygens (including phenoxy) is 2. The summed E-state index contributed by atoms with van der Waals surface area (Å²) >= 11 is 0. The Kier molecular flexibility index (Phi) is 14.3. The van der Waals surface area contributed by atoms with Crippen molar-refractivity contribution >= 4 is 73.4 Å². The number of aromatic nitrogens is 3. The molecule has 2 aromatic carbocycles. The average Bonchev–Trinajstić information content (AvgIpc) is 3.86. The van der Waals surface area contributed by atoms with Gasteiger partial charge in [0.05, 0.1) is 41.8 Å². The molecular weight excluding hydrogens is 1000 g/mol. The maximum atomic E-state index is 13.2. The van der Waals surface area contributed by atoms with E-state index in [-0.39, 0.29) is 54.3 Å². The second-order valence-corrected chi connectivity index (χ2v) is 23.2. The quantitative estimate of drug-likeness (QED) is 0.0305. The summed E-state index contributed by atoms with van der Waals surface area (Å²) in [6.45, 7) is 7.29. The fourth-order valence-corrected chi connectivity index (χ4v) is 12.7. The molecule has 2 aromatic heterocycles. The van der Waals surface area contributed by atoms with E-state index >= 15 is 0 Å².